The standard InChI is InChI=1S/C22H21BrClNO3/c1-14(2)20(15-3-6-17(24)7-4-15)21(26)25-11-9-22(10-12-25)27-18-8-5-16(23)13-19(18)28-22/h3-8,13H,9-12H2,1-2H3. The van der Waals surface area contributed by atoms with Gasteiger partial charge in [0.1, 0.15) is 0 Å². The lowest BCUT2D eigenvalue weighted by Crippen LogP contribution is -2.51. The molecule has 0 aliphatic carbocycles. The molecule has 2 aliphatic heterocycles. The molecule has 0 aromatic heterocycles. The van der Waals surface area contributed by atoms with Gasteiger partial charge in [-0.05, 0) is 49.7 Å². The van der Waals surface area contributed by atoms with Crippen LogP contribution in [-0.4, -0.2) is 29.7 Å². The Labute approximate surface area is 178 Å². The Kier molecular flexibility index (Phi) is 5.15. The highest BCUT2D eigenvalue weighted by Crippen LogP contribution is 2.45. The van der Waals surface area contributed by atoms with Gasteiger partial charge in [0.15, 0.2) is 11.5 Å². The molecule has 0 atom stereocenters. The van der Waals surface area contributed by atoms with E-state index >= 15 is 0 Å². The fourth-order valence-corrected chi connectivity index (χ4v) is 4.19. The fraction of sp³-hybridized carbons (Fsp3) is 0.318. The van der Waals surface area contributed by atoms with Gasteiger partial charge < -0.3 is 14.4 Å². The molecule has 2 aromatic carbocycles. The number of benzene rings is 2. The van der Waals surface area contributed by atoms with Crippen LogP contribution in [0.4, 0.5) is 0 Å². The van der Waals surface area contributed by atoms with E-state index in [0.29, 0.717) is 31.0 Å². The van der Waals surface area contributed by atoms with E-state index in [1.54, 1.807) is 0 Å². The molecule has 1 amide bonds. The van der Waals surface area contributed by atoms with Crippen LogP contribution in [0.1, 0.15) is 32.3 Å². The van der Waals surface area contributed by atoms with Crippen LogP contribution >= 0.6 is 27.5 Å². The van der Waals surface area contributed by atoms with Crippen molar-refractivity contribution in [1.29, 1.82) is 0 Å². The Morgan fingerprint density at radius 2 is 1.68 bits per heavy atom. The van der Waals surface area contributed by atoms with Crippen LogP contribution in [0.3, 0.4) is 0 Å². The minimum atomic E-state index is -0.675. The van der Waals surface area contributed by atoms with E-state index in [2.05, 4.69) is 15.9 Å². The van der Waals surface area contributed by atoms with Crippen LogP contribution in [0.25, 0.3) is 5.57 Å². The lowest BCUT2D eigenvalue weighted by molar-refractivity contribution is -0.141. The number of hydrogen-bond donors (Lipinski definition) is 0. The van der Waals surface area contributed by atoms with E-state index in [-0.39, 0.29) is 5.91 Å². The Morgan fingerprint density at radius 1 is 1.04 bits per heavy atom. The summed E-state index contributed by atoms with van der Waals surface area (Å²) >= 11 is 9.46. The lowest BCUT2D eigenvalue weighted by Gasteiger charge is -2.37. The molecule has 0 radical (unpaired) electrons. The first-order valence-electron chi connectivity index (χ1n) is 9.27. The van der Waals surface area contributed by atoms with Gasteiger partial charge in [-0.1, -0.05) is 45.2 Å². The van der Waals surface area contributed by atoms with Crippen molar-refractivity contribution in [2.75, 3.05) is 13.1 Å². The van der Waals surface area contributed by atoms with Gasteiger partial charge >= 0.3 is 0 Å². The molecule has 4 nitrogen and oxygen atoms in total. The second-order valence-corrected chi connectivity index (χ2v) is 8.73. The largest absolute Gasteiger partial charge is 0.448 e. The predicted molar refractivity (Wildman–Crippen MR) is 114 cm³/mol. The molecule has 0 N–H and O–H groups in total. The van der Waals surface area contributed by atoms with Crippen molar-refractivity contribution in [2.24, 2.45) is 0 Å². The molecule has 0 unspecified atom stereocenters. The number of piperidine rings is 1. The third-order valence-electron chi connectivity index (χ3n) is 5.16. The van der Waals surface area contributed by atoms with Crippen LogP contribution in [0.15, 0.2) is 52.5 Å². The van der Waals surface area contributed by atoms with Gasteiger partial charge in [-0.2, -0.15) is 0 Å². The number of ether oxygens (including phenoxy) is 2. The van der Waals surface area contributed by atoms with Crippen LogP contribution < -0.4 is 9.47 Å². The normalized spacial score (nSPS) is 16.9. The summed E-state index contributed by atoms with van der Waals surface area (Å²) in [6, 6.07) is 13.2. The molecule has 1 spiro atoms. The zero-order chi connectivity index (χ0) is 19.9. The zero-order valence-corrected chi connectivity index (χ0v) is 18.1. The second-order valence-electron chi connectivity index (χ2n) is 7.38. The van der Waals surface area contributed by atoms with Gasteiger partial charge in [0, 0.05) is 41.0 Å². The van der Waals surface area contributed by atoms with Crippen LogP contribution in [0.5, 0.6) is 11.5 Å². The van der Waals surface area contributed by atoms with E-state index < -0.39 is 5.79 Å². The highest BCUT2D eigenvalue weighted by Gasteiger charge is 2.45. The zero-order valence-electron chi connectivity index (χ0n) is 15.8. The SMILES string of the molecule is CC(C)=C(C(=O)N1CCC2(CC1)Oc1ccc(Br)cc1O2)c1ccc(Cl)cc1. The average Bonchev–Trinajstić information content (AvgIpc) is 3.00. The molecule has 2 heterocycles. The first-order valence-corrected chi connectivity index (χ1v) is 10.4. The second kappa shape index (κ2) is 7.45. The first kappa shape index (κ1) is 19.3. The predicted octanol–water partition coefficient (Wildman–Crippen LogP) is 5.69. The van der Waals surface area contributed by atoms with Gasteiger partial charge in [0.25, 0.3) is 11.7 Å². The van der Waals surface area contributed by atoms with E-state index in [1.807, 2.05) is 61.2 Å². The molecule has 0 bridgehead atoms. The summed E-state index contributed by atoms with van der Waals surface area (Å²) in [6.07, 6.45) is 1.25. The molecular weight excluding hydrogens is 442 g/mol. The smallest absolute Gasteiger partial charge is 0.255 e. The van der Waals surface area contributed by atoms with Crippen LogP contribution in [-0.2, 0) is 4.79 Å². The number of rotatable bonds is 2. The topological polar surface area (TPSA) is 38.8 Å². The number of allylic oxidation sites excluding steroid dienone is 1. The highest BCUT2D eigenvalue weighted by atomic mass is 79.9. The molecule has 2 aromatic rings. The maximum Gasteiger partial charge on any atom is 0.255 e. The highest BCUT2D eigenvalue weighted by molar-refractivity contribution is 9.10. The number of fused-ring (bicyclic) bond motifs is 1. The summed E-state index contributed by atoms with van der Waals surface area (Å²) in [5, 5.41) is 0.658. The Morgan fingerprint density at radius 3 is 2.32 bits per heavy atom. The van der Waals surface area contributed by atoms with Crippen LogP contribution in [0.2, 0.25) is 5.02 Å². The quantitative estimate of drug-likeness (QED) is 0.539. The molecule has 0 saturated carbocycles. The summed E-state index contributed by atoms with van der Waals surface area (Å²) in [5.41, 5.74) is 2.60. The average molecular weight is 463 g/mol. The molecule has 28 heavy (non-hydrogen) atoms. The number of carbonyl (C=O) groups excluding carboxylic acids is 1. The molecule has 146 valence electrons. The van der Waals surface area contributed by atoms with E-state index in [9.17, 15) is 4.79 Å². The molecule has 4 rings (SSSR count). The summed E-state index contributed by atoms with van der Waals surface area (Å²) in [7, 11) is 0. The minimum absolute atomic E-state index is 0.0374. The summed E-state index contributed by atoms with van der Waals surface area (Å²) in [4.78, 5) is 15.1. The molecule has 1 fully saturated rings. The first-order chi connectivity index (χ1) is 13.4. The van der Waals surface area contributed by atoms with E-state index in [0.717, 1.165) is 32.7 Å². The monoisotopic (exact) mass is 461 g/mol. The summed E-state index contributed by atoms with van der Waals surface area (Å²) in [6.45, 7) is 5.09. The third-order valence-corrected chi connectivity index (χ3v) is 5.90. The molecule has 1 saturated heterocycles. The number of nitrogens with zero attached hydrogens (tertiary/aromatic N) is 1. The van der Waals surface area contributed by atoms with E-state index in [1.165, 1.54) is 0 Å². The third kappa shape index (κ3) is 3.65. The summed E-state index contributed by atoms with van der Waals surface area (Å²) < 4.78 is 13.2. The van der Waals surface area contributed by atoms with Gasteiger partial charge in [0.05, 0.1) is 0 Å². The van der Waals surface area contributed by atoms with Gasteiger partial charge in [0.2, 0.25) is 0 Å². The van der Waals surface area contributed by atoms with Crippen molar-refractivity contribution < 1.29 is 14.3 Å². The van der Waals surface area contributed by atoms with Crippen molar-refractivity contribution in [3.05, 3.63) is 63.1 Å². The number of amides is 1. The molecular formula is C22H21BrClNO3. The van der Waals surface area contributed by atoms with Crippen molar-refractivity contribution in [1.82, 2.24) is 4.90 Å². The lowest BCUT2D eigenvalue weighted by atomic mass is 9.97. The number of halogens is 2. The number of hydrogen-bond acceptors (Lipinski definition) is 3. The number of likely N-dealkylation sites (tertiary alicyclic amines) is 1. The minimum Gasteiger partial charge on any atom is -0.448 e. The summed E-state index contributed by atoms with van der Waals surface area (Å²) in [5.74, 6) is 0.871. The van der Waals surface area contributed by atoms with Crippen molar-refractivity contribution in [2.45, 2.75) is 32.5 Å². The van der Waals surface area contributed by atoms with Gasteiger partial charge in [-0.3, -0.25) is 4.79 Å². The van der Waals surface area contributed by atoms with Crippen molar-refractivity contribution in [3.8, 4) is 11.5 Å². The molecule has 2 aliphatic rings. The van der Waals surface area contributed by atoms with Crippen molar-refractivity contribution >= 4 is 39.0 Å². The van der Waals surface area contributed by atoms with Gasteiger partial charge in [-0.15, -0.1) is 0 Å². The Balaban J connectivity index is 1.48. The maximum absolute atomic E-state index is 13.2. The van der Waals surface area contributed by atoms with Crippen molar-refractivity contribution in [3.63, 3.8) is 0 Å². The molecule has 6 heteroatoms. The Bertz CT molecular complexity index is 943. The van der Waals surface area contributed by atoms with E-state index in [4.69, 9.17) is 21.1 Å². The van der Waals surface area contributed by atoms with Gasteiger partial charge in [-0.25, -0.2) is 0 Å². The van der Waals surface area contributed by atoms with Crippen LogP contribution in [0, 0.1) is 0 Å². The Hall–Kier alpha value is -1.98. The fourth-order valence-electron chi connectivity index (χ4n) is 3.72. The maximum atomic E-state index is 13.2. The number of carbonyl (C=O) groups is 1.